The lowest BCUT2D eigenvalue weighted by molar-refractivity contribution is 0.102. The number of phenolic OH excluding ortho intramolecular Hbond substituents is 1. The quantitative estimate of drug-likeness (QED) is 0.671. The summed E-state index contributed by atoms with van der Waals surface area (Å²) in [5, 5.41) is 16.8. The summed E-state index contributed by atoms with van der Waals surface area (Å²) in [6.07, 6.45) is 2.38. The summed E-state index contributed by atoms with van der Waals surface area (Å²) >= 11 is 12.2. The maximum Gasteiger partial charge on any atom is 0.259 e. The number of amides is 1. The van der Waals surface area contributed by atoms with Gasteiger partial charge in [-0.25, -0.2) is 0 Å². The molecule has 5 nitrogen and oxygen atoms in total. The molecule has 3 rings (SSSR count). The number of nitrogens with one attached hydrogen (secondary N) is 2. The Hall–Kier alpha value is -1.95. The smallest absolute Gasteiger partial charge is 0.259 e. The lowest BCUT2D eigenvalue weighted by Gasteiger charge is -2.29. The molecule has 0 radical (unpaired) electrons. The highest BCUT2D eigenvalue weighted by molar-refractivity contribution is 6.34. The number of aromatic hydroxyl groups is 1. The van der Waals surface area contributed by atoms with E-state index in [-0.39, 0.29) is 11.3 Å². The fourth-order valence-electron chi connectivity index (χ4n) is 3.13. The Morgan fingerprint density at radius 3 is 2.63 bits per heavy atom. The molecule has 3 N–H and O–H groups in total. The highest BCUT2D eigenvalue weighted by atomic mass is 35.5. The monoisotopic (exact) mass is 407 g/mol. The standard InChI is InChI=1S/C20H23Cl2N3O2/c1-25-8-6-13(7-9-25)12-23-15-3-4-18(17(22)11-15)24-20(27)16-10-14(21)2-5-19(16)26/h2-5,10-11,13,23,26H,6-9,12H2,1H3,(H,24,27). The van der Waals surface area contributed by atoms with Crippen LogP contribution in [0, 0.1) is 5.92 Å². The minimum absolute atomic E-state index is 0.100. The molecule has 0 bridgehead atoms. The number of piperidine rings is 1. The normalized spacial score (nSPS) is 15.5. The van der Waals surface area contributed by atoms with E-state index in [4.69, 9.17) is 23.2 Å². The van der Waals surface area contributed by atoms with E-state index in [1.807, 2.05) is 6.07 Å². The number of nitrogens with zero attached hydrogens (tertiary/aromatic N) is 1. The Morgan fingerprint density at radius 1 is 1.19 bits per heavy atom. The van der Waals surface area contributed by atoms with E-state index in [1.165, 1.54) is 31.0 Å². The van der Waals surface area contributed by atoms with Gasteiger partial charge in [0, 0.05) is 17.3 Å². The SMILES string of the molecule is CN1CCC(CNc2ccc(NC(=O)c3cc(Cl)ccc3O)c(Cl)c2)CC1. The van der Waals surface area contributed by atoms with Crippen LogP contribution in [-0.4, -0.2) is 42.6 Å². The minimum atomic E-state index is -0.469. The number of carbonyl (C=O) groups is 1. The maximum absolute atomic E-state index is 12.4. The van der Waals surface area contributed by atoms with Crippen molar-refractivity contribution in [3.63, 3.8) is 0 Å². The third-order valence-electron chi connectivity index (χ3n) is 4.85. The van der Waals surface area contributed by atoms with Crippen LogP contribution in [0.3, 0.4) is 0 Å². The first-order valence-electron chi connectivity index (χ1n) is 8.94. The van der Waals surface area contributed by atoms with Crippen molar-refractivity contribution in [1.82, 2.24) is 4.90 Å². The molecule has 1 saturated heterocycles. The average molecular weight is 408 g/mol. The van der Waals surface area contributed by atoms with Gasteiger partial charge in [-0.05, 0) is 75.3 Å². The summed E-state index contributed by atoms with van der Waals surface area (Å²) in [6, 6.07) is 9.75. The fourth-order valence-corrected chi connectivity index (χ4v) is 3.53. The number of halogens is 2. The van der Waals surface area contributed by atoms with E-state index < -0.39 is 5.91 Å². The van der Waals surface area contributed by atoms with Crippen LogP contribution in [0.4, 0.5) is 11.4 Å². The molecule has 27 heavy (non-hydrogen) atoms. The van der Waals surface area contributed by atoms with Crippen molar-refractivity contribution in [2.75, 3.05) is 37.3 Å². The van der Waals surface area contributed by atoms with E-state index in [1.54, 1.807) is 12.1 Å². The van der Waals surface area contributed by atoms with Crippen LogP contribution in [-0.2, 0) is 0 Å². The van der Waals surface area contributed by atoms with Crippen molar-refractivity contribution in [2.45, 2.75) is 12.8 Å². The van der Waals surface area contributed by atoms with Crippen molar-refractivity contribution in [3.05, 3.63) is 52.0 Å². The van der Waals surface area contributed by atoms with Crippen LogP contribution in [0.5, 0.6) is 5.75 Å². The second-order valence-corrected chi connectivity index (χ2v) is 7.78. The first kappa shape index (κ1) is 19.8. The first-order chi connectivity index (χ1) is 12.9. The largest absolute Gasteiger partial charge is 0.507 e. The first-order valence-corrected chi connectivity index (χ1v) is 9.70. The van der Waals surface area contributed by atoms with Gasteiger partial charge in [0.2, 0.25) is 0 Å². The summed E-state index contributed by atoms with van der Waals surface area (Å²) in [6.45, 7) is 3.18. The van der Waals surface area contributed by atoms with Crippen LogP contribution >= 0.6 is 23.2 Å². The molecule has 1 amide bonds. The zero-order valence-electron chi connectivity index (χ0n) is 15.1. The number of rotatable bonds is 5. The number of carbonyl (C=O) groups excluding carboxylic acids is 1. The Kier molecular flexibility index (Phi) is 6.47. The predicted octanol–water partition coefficient (Wildman–Crippen LogP) is 4.71. The van der Waals surface area contributed by atoms with Gasteiger partial charge in [0.1, 0.15) is 5.75 Å². The molecule has 1 aliphatic heterocycles. The lowest BCUT2D eigenvalue weighted by Crippen LogP contribution is -2.32. The summed E-state index contributed by atoms with van der Waals surface area (Å²) in [4.78, 5) is 14.7. The molecular weight excluding hydrogens is 385 g/mol. The second-order valence-electron chi connectivity index (χ2n) is 6.94. The Morgan fingerprint density at radius 2 is 1.93 bits per heavy atom. The molecule has 1 aliphatic rings. The van der Waals surface area contributed by atoms with E-state index >= 15 is 0 Å². The molecule has 1 fully saturated rings. The lowest BCUT2D eigenvalue weighted by atomic mass is 9.97. The molecular formula is C20H23Cl2N3O2. The molecule has 0 aromatic heterocycles. The Labute approximate surface area is 169 Å². The van der Waals surface area contributed by atoms with Crippen molar-refractivity contribution in [3.8, 4) is 5.75 Å². The molecule has 1 heterocycles. The molecule has 7 heteroatoms. The molecule has 2 aromatic carbocycles. The Balaban J connectivity index is 1.61. The minimum Gasteiger partial charge on any atom is -0.507 e. The van der Waals surface area contributed by atoms with Gasteiger partial charge < -0.3 is 20.6 Å². The third kappa shape index (κ3) is 5.28. The molecule has 2 aromatic rings. The van der Waals surface area contributed by atoms with E-state index in [0.717, 1.165) is 25.3 Å². The molecule has 0 saturated carbocycles. The number of hydrogen-bond acceptors (Lipinski definition) is 4. The van der Waals surface area contributed by atoms with Crippen LogP contribution in [0.2, 0.25) is 10.0 Å². The Bertz CT molecular complexity index is 821. The van der Waals surface area contributed by atoms with E-state index in [9.17, 15) is 9.90 Å². The topological polar surface area (TPSA) is 64.6 Å². The molecule has 144 valence electrons. The van der Waals surface area contributed by atoms with Gasteiger partial charge in [-0.1, -0.05) is 23.2 Å². The van der Waals surface area contributed by atoms with Gasteiger partial charge in [-0.15, -0.1) is 0 Å². The van der Waals surface area contributed by atoms with Gasteiger partial charge in [0.05, 0.1) is 16.3 Å². The number of phenols is 1. The second kappa shape index (κ2) is 8.83. The molecule has 0 spiro atoms. The number of hydrogen-bond donors (Lipinski definition) is 3. The highest BCUT2D eigenvalue weighted by Gasteiger charge is 2.17. The fraction of sp³-hybridized carbons (Fsp3) is 0.350. The van der Waals surface area contributed by atoms with Crippen molar-refractivity contribution in [1.29, 1.82) is 0 Å². The van der Waals surface area contributed by atoms with Crippen LogP contribution in [0.15, 0.2) is 36.4 Å². The average Bonchev–Trinajstić information content (AvgIpc) is 2.65. The maximum atomic E-state index is 12.4. The molecule has 0 unspecified atom stereocenters. The van der Waals surface area contributed by atoms with Crippen LogP contribution < -0.4 is 10.6 Å². The summed E-state index contributed by atoms with van der Waals surface area (Å²) < 4.78 is 0. The highest BCUT2D eigenvalue weighted by Crippen LogP contribution is 2.28. The predicted molar refractivity (Wildman–Crippen MR) is 111 cm³/mol. The zero-order chi connectivity index (χ0) is 19.4. The summed E-state index contributed by atoms with van der Waals surface area (Å²) in [5.41, 5.74) is 1.50. The van der Waals surface area contributed by atoms with Gasteiger partial charge in [-0.3, -0.25) is 4.79 Å². The van der Waals surface area contributed by atoms with Gasteiger partial charge >= 0.3 is 0 Å². The zero-order valence-corrected chi connectivity index (χ0v) is 16.6. The number of anilines is 2. The van der Waals surface area contributed by atoms with Crippen molar-refractivity contribution < 1.29 is 9.90 Å². The van der Waals surface area contributed by atoms with E-state index in [0.29, 0.717) is 21.7 Å². The van der Waals surface area contributed by atoms with Crippen LogP contribution in [0.1, 0.15) is 23.2 Å². The number of likely N-dealkylation sites (tertiary alicyclic amines) is 1. The summed E-state index contributed by atoms with van der Waals surface area (Å²) in [5.74, 6) is 0.0542. The van der Waals surface area contributed by atoms with E-state index in [2.05, 4.69) is 22.6 Å². The van der Waals surface area contributed by atoms with Crippen molar-refractivity contribution >= 4 is 40.5 Å². The van der Waals surface area contributed by atoms with Crippen molar-refractivity contribution in [2.24, 2.45) is 5.92 Å². The molecule has 0 atom stereocenters. The summed E-state index contributed by atoms with van der Waals surface area (Å²) in [7, 11) is 2.15. The molecule has 0 aliphatic carbocycles. The van der Waals surface area contributed by atoms with Crippen LogP contribution in [0.25, 0.3) is 0 Å². The number of benzene rings is 2. The van der Waals surface area contributed by atoms with Gasteiger partial charge in [-0.2, -0.15) is 0 Å². The third-order valence-corrected chi connectivity index (χ3v) is 5.40. The van der Waals surface area contributed by atoms with Gasteiger partial charge in [0.25, 0.3) is 5.91 Å². The van der Waals surface area contributed by atoms with Gasteiger partial charge in [0.15, 0.2) is 0 Å².